The van der Waals surface area contributed by atoms with Crippen molar-refractivity contribution in [1.29, 1.82) is 0 Å². The number of aryl methyl sites for hydroxylation is 1. The summed E-state index contributed by atoms with van der Waals surface area (Å²) in [7, 11) is 0. The fourth-order valence-electron chi connectivity index (χ4n) is 2.46. The van der Waals surface area contributed by atoms with E-state index in [1.165, 1.54) is 35.6 Å². The SMILES string of the molecule is Cc1nc(C2CCC(C)(C)CC2)sc1CN. The van der Waals surface area contributed by atoms with Crippen LogP contribution in [0.5, 0.6) is 0 Å². The maximum atomic E-state index is 5.71. The summed E-state index contributed by atoms with van der Waals surface area (Å²) in [4.78, 5) is 5.96. The van der Waals surface area contributed by atoms with Gasteiger partial charge in [0.05, 0.1) is 10.7 Å². The highest BCUT2D eigenvalue weighted by Crippen LogP contribution is 2.43. The van der Waals surface area contributed by atoms with Gasteiger partial charge >= 0.3 is 0 Å². The molecule has 1 aromatic heterocycles. The fourth-order valence-corrected chi connectivity index (χ4v) is 3.57. The van der Waals surface area contributed by atoms with Gasteiger partial charge in [-0.15, -0.1) is 11.3 Å². The van der Waals surface area contributed by atoms with Gasteiger partial charge in [-0.2, -0.15) is 0 Å². The number of nitrogens with zero attached hydrogens (tertiary/aromatic N) is 1. The molecule has 16 heavy (non-hydrogen) atoms. The highest BCUT2D eigenvalue weighted by atomic mass is 32.1. The Morgan fingerprint density at radius 1 is 1.38 bits per heavy atom. The third-order valence-corrected chi connectivity index (χ3v) is 5.13. The molecule has 0 aromatic carbocycles. The van der Waals surface area contributed by atoms with Gasteiger partial charge in [0, 0.05) is 17.3 Å². The zero-order valence-electron chi connectivity index (χ0n) is 10.5. The van der Waals surface area contributed by atoms with Crippen molar-refractivity contribution >= 4 is 11.3 Å². The van der Waals surface area contributed by atoms with E-state index in [1.54, 1.807) is 0 Å². The molecule has 1 fully saturated rings. The summed E-state index contributed by atoms with van der Waals surface area (Å²) < 4.78 is 0. The number of rotatable bonds is 2. The number of aromatic nitrogens is 1. The minimum Gasteiger partial charge on any atom is -0.326 e. The highest BCUT2D eigenvalue weighted by molar-refractivity contribution is 7.11. The second-order valence-electron chi connectivity index (χ2n) is 5.70. The number of hydrogen-bond acceptors (Lipinski definition) is 3. The molecule has 0 amide bonds. The molecule has 0 bridgehead atoms. The smallest absolute Gasteiger partial charge is 0.0962 e. The van der Waals surface area contributed by atoms with E-state index in [-0.39, 0.29) is 0 Å². The Hall–Kier alpha value is -0.410. The molecule has 90 valence electrons. The van der Waals surface area contributed by atoms with Crippen LogP contribution in [0.1, 0.15) is 61.0 Å². The summed E-state index contributed by atoms with van der Waals surface area (Å²) in [6.45, 7) is 7.47. The molecule has 0 aliphatic heterocycles. The Labute approximate surface area is 102 Å². The topological polar surface area (TPSA) is 38.9 Å². The van der Waals surface area contributed by atoms with Gasteiger partial charge < -0.3 is 5.73 Å². The summed E-state index contributed by atoms with van der Waals surface area (Å²) in [6.07, 6.45) is 5.25. The van der Waals surface area contributed by atoms with Gasteiger partial charge in [0.1, 0.15) is 0 Å². The summed E-state index contributed by atoms with van der Waals surface area (Å²) in [5, 5.41) is 1.33. The van der Waals surface area contributed by atoms with Crippen molar-refractivity contribution in [2.75, 3.05) is 0 Å². The van der Waals surface area contributed by atoms with E-state index in [9.17, 15) is 0 Å². The predicted octanol–water partition coefficient (Wildman–Crippen LogP) is 3.59. The van der Waals surface area contributed by atoms with Gasteiger partial charge in [-0.05, 0) is 38.0 Å². The van der Waals surface area contributed by atoms with Gasteiger partial charge in [0.15, 0.2) is 0 Å². The molecule has 0 unspecified atom stereocenters. The first-order valence-corrected chi connectivity index (χ1v) is 7.00. The lowest BCUT2D eigenvalue weighted by atomic mass is 9.73. The molecule has 1 aliphatic carbocycles. The Bertz CT molecular complexity index is 358. The first-order valence-electron chi connectivity index (χ1n) is 6.18. The maximum Gasteiger partial charge on any atom is 0.0962 e. The van der Waals surface area contributed by atoms with Gasteiger partial charge in [0.2, 0.25) is 0 Å². The predicted molar refractivity (Wildman–Crippen MR) is 69.7 cm³/mol. The standard InChI is InChI=1S/C13H22N2S/c1-9-11(8-14)16-12(15-9)10-4-6-13(2,3)7-5-10/h10H,4-8,14H2,1-3H3. The van der Waals surface area contributed by atoms with Gasteiger partial charge in [-0.25, -0.2) is 4.98 Å². The van der Waals surface area contributed by atoms with E-state index in [1.807, 2.05) is 11.3 Å². The van der Waals surface area contributed by atoms with Crippen molar-refractivity contribution < 1.29 is 0 Å². The summed E-state index contributed by atoms with van der Waals surface area (Å²) >= 11 is 1.83. The van der Waals surface area contributed by atoms with Crippen molar-refractivity contribution in [3.63, 3.8) is 0 Å². The van der Waals surface area contributed by atoms with Crippen LogP contribution in [0.15, 0.2) is 0 Å². The van der Waals surface area contributed by atoms with E-state index in [4.69, 9.17) is 10.7 Å². The first kappa shape index (κ1) is 12.1. The van der Waals surface area contributed by atoms with E-state index >= 15 is 0 Å². The van der Waals surface area contributed by atoms with Crippen LogP contribution in [0, 0.1) is 12.3 Å². The second-order valence-corrected chi connectivity index (χ2v) is 6.82. The van der Waals surface area contributed by atoms with E-state index in [2.05, 4.69) is 20.8 Å². The van der Waals surface area contributed by atoms with Crippen molar-refractivity contribution in [2.24, 2.45) is 11.1 Å². The summed E-state index contributed by atoms with van der Waals surface area (Å²) in [6, 6.07) is 0. The minimum absolute atomic E-state index is 0.541. The van der Waals surface area contributed by atoms with Crippen LogP contribution in [-0.2, 0) is 6.54 Å². The van der Waals surface area contributed by atoms with Crippen molar-refractivity contribution in [2.45, 2.75) is 58.9 Å². The van der Waals surface area contributed by atoms with Crippen LogP contribution in [-0.4, -0.2) is 4.98 Å². The number of hydrogen-bond donors (Lipinski definition) is 1. The quantitative estimate of drug-likeness (QED) is 0.855. The molecule has 0 spiro atoms. The molecule has 0 atom stereocenters. The molecule has 0 radical (unpaired) electrons. The molecule has 2 N–H and O–H groups in total. The van der Waals surface area contributed by atoms with Gasteiger partial charge in [-0.3, -0.25) is 0 Å². The Morgan fingerprint density at radius 3 is 2.50 bits per heavy atom. The first-order chi connectivity index (χ1) is 7.52. The molecular weight excluding hydrogens is 216 g/mol. The maximum absolute atomic E-state index is 5.71. The Balaban J connectivity index is 2.08. The third kappa shape index (κ3) is 2.46. The molecule has 1 aromatic rings. The Morgan fingerprint density at radius 2 is 2.00 bits per heavy atom. The number of nitrogens with two attached hydrogens (primary N) is 1. The minimum atomic E-state index is 0.541. The molecule has 1 heterocycles. The highest BCUT2D eigenvalue weighted by Gasteiger charge is 2.29. The summed E-state index contributed by atoms with van der Waals surface area (Å²) in [5.41, 5.74) is 7.39. The number of thiazole rings is 1. The normalized spacial score (nSPS) is 21.2. The molecule has 2 nitrogen and oxygen atoms in total. The van der Waals surface area contributed by atoms with Crippen molar-refractivity contribution in [3.8, 4) is 0 Å². The van der Waals surface area contributed by atoms with Crippen LogP contribution in [0.4, 0.5) is 0 Å². The zero-order chi connectivity index (χ0) is 11.8. The average Bonchev–Trinajstić information content (AvgIpc) is 2.59. The Kier molecular flexibility index (Phi) is 3.36. The molecule has 3 heteroatoms. The van der Waals surface area contributed by atoms with E-state index in [0.29, 0.717) is 17.9 Å². The van der Waals surface area contributed by atoms with Gasteiger partial charge in [-0.1, -0.05) is 13.8 Å². The van der Waals surface area contributed by atoms with E-state index < -0.39 is 0 Å². The molecule has 0 saturated heterocycles. The lowest BCUT2D eigenvalue weighted by Gasteiger charge is -2.33. The monoisotopic (exact) mass is 238 g/mol. The van der Waals surface area contributed by atoms with Crippen molar-refractivity contribution in [3.05, 3.63) is 15.6 Å². The lowest BCUT2D eigenvalue weighted by molar-refractivity contribution is 0.224. The molecule has 1 aliphatic rings. The lowest BCUT2D eigenvalue weighted by Crippen LogP contribution is -2.20. The zero-order valence-corrected chi connectivity index (χ0v) is 11.4. The van der Waals surface area contributed by atoms with Crippen LogP contribution in [0.2, 0.25) is 0 Å². The van der Waals surface area contributed by atoms with Crippen LogP contribution in [0.25, 0.3) is 0 Å². The molecular formula is C13H22N2S. The van der Waals surface area contributed by atoms with Crippen molar-refractivity contribution in [1.82, 2.24) is 4.98 Å². The third-order valence-electron chi connectivity index (χ3n) is 3.78. The molecule has 1 saturated carbocycles. The van der Waals surface area contributed by atoms with Crippen LogP contribution >= 0.6 is 11.3 Å². The average molecular weight is 238 g/mol. The van der Waals surface area contributed by atoms with E-state index in [0.717, 1.165) is 5.69 Å². The second kappa shape index (κ2) is 4.46. The van der Waals surface area contributed by atoms with Crippen LogP contribution in [0.3, 0.4) is 0 Å². The largest absolute Gasteiger partial charge is 0.326 e. The molecule has 2 rings (SSSR count). The fraction of sp³-hybridized carbons (Fsp3) is 0.769. The van der Waals surface area contributed by atoms with Gasteiger partial charge in [0.25, 0.3) is 0 Å². The van der Waals surface area contributed by atoms with Crippen LogP contribution < -0.4 is 5.73 Å². The summed E-state index contributed by atoms with van der Waals surface area (Å²) in [5.74, 6) is 0.692.